The van der Waals surface area contributed by atoms with E-state index in [1.165, 1.54) is 6.08 Å². The van der Waals surface area contributed by atoms with Gasteiger partial charge in [-0.3, -0.25) is 4.79 Å². The molecule has 0 radical (unpaired) electrons. The third-order valence-corrected chi connectivity index (χ3v) is 4.46. The zero-order valence-corrected chi connectivity index (χ0v) is 16.3. The molecule has 0 aliphatic carbocycles. The van der Waals surface area contributed by atoms with Gasteiger partial charge in [-0.05, 0) is 64.8 Å². The van der Waals surface area contributed by atoms with Crippen LogP contribution in [0.3, 0.4) is 0 Å². The van der Waals surface area contributed by atoms with Gasteiger partial charge in [-0.15, -0.1) is 0 Å². The lowest BCUT2D eigenvalue weighted by molar-refractivity contribution is -0.112. The highest BCUT2D eigenvalue weighted by molar-refractivity contribution is 9.11. The molecule has 7 heteroatoms. The number of anilines is 1. The largest absolute Gasteiger partial charge is 0.506 e. The number of hydrogen-bond acceptors (Lipinski definition) is 3. The van der Waals surface area contributed by atoms with Crippen molar-refractivity contribution in [3.05, 3.63) is 61.0 Å². The van der Waals surface area contributed by atoms with Gasteiger partial charge in [0.25, 0.3) is 5.91 Å². The Morgan fingerprint density at radius 3 is 2.67 bits per heavy atom. The Kier molecular flexibility index (Phi) is 6.05. The van der Waals surface area contributed by atoms with Crippen molar-refractivity contribution < 1.29 is 9.90 Å². The second-order valence-corrected chi connectivity index (χ2v) is 7.12. The van der Waals surface area contributed by atoms with Gasteiger partial charge in [0.2, 0.25) is 0 Å². The predicted molar refractivity (Wildman–Crippen MR) is 102 cm³/mol. The number of benzene rings is 2. The Bertz CT molecular complexity index is 889. The van der Waals surface area contributed by atoms with Gasteiger partial charge in [0.15, 0.2) is 0 Å². The van der Waals surface area contributed by atoms with E-state index in [1.54, 1.807) is 37.3 Å². The summed E-state index contributed by atoms with van der Waals surface area (Å²) in [6.07, 6.45) is 1.32. The summed E-state index contributed by atoms with van der Waals surface area (Å²) < 4.78 is 1.15. The molecular weight excluding hydrogens is 459 g/mol. The molecule has 2 aromatic rings. The van der Waals surface area contributed by atoms with E-state index in [0.29, 0.717) is 25.2 Å². The van der Waals surface area contributed by atoms with Crippen LogP contribution in [0.2, 0.25) is 5.02 Å². The molecule has 0 spiro atoms. The van der Waals surface area contributed by atoms with Crippen LogP contribution in [0, 0.1) is 18.3 Å². The van der Waals surface area contributed by atoms with Crippen molar-refractivity contribution in [2.45, 2.75) is 6.92 Å². The Hall–Kier alpha value is -1.81. The normalized spacial score (nSPS) is 11.0. The summed E-state index contributed by atoms with van der Waals surface area (Å²) >= 11 is 12.4. The lowest BCUT2D eigenvalue weighted by Gasteiger charge is -2.09. The van der Waals surface area contributed by atoms with Crippen molar-refractivity contribution in [3.8, 4) is 11.8 Å². The van der Waals surface area contributed by atoms with E-state index in [0.717, 1.165) is 5.56 Å². The Balaban J connectivity index is 2.34. The highest BCUT2D eigenvalue weighted by atomic mass is 79.9. The molecule has 1 amide bonds. The monoisotopic (exact) mass is 468 g/mol. The molecule has 0 aromatic heterocycles. The summed E-state index contributed by atoms with van der Waals surface area (Å²) in [5.41, 5.74) is 1.55. The summed E-state index contributed by atoms with van der Waals surface area (Å²) in [5.74, 6) is -0.625. The Labute approximate surface area is 161 Å². The molecular formula is C17H11Br2ClN2O2. The van der Waals surface area contributed by atoms with Crippen LogP contribution in [0.15, 0.2) is 44.9 Å². The van der Waals surface area contributed by atoms with Crippen molar-refractivity contribution in [1.29, 1.82) is 5.26 Å². The number of nitrogens with one attached hydrogen (secondary N) is 1. The van der Waals surface area contributed by atoms with E-state index < -0.39 is 5.91 Å². The number of aromatic hydroxyl groups is 1. The van der Waals surface area contributed by atoms with E-state index in [4.69, 9.17) is 11.6 Å². The molecule has 122 valence electrons. The average molecular weight is 471 g/mol. The quantitative estimate of drug-likeness (QED) is 0.464. The number of carbonyl (C=O) groups is 1. The van der Waals surface area contributed by atoms with Crippen LogP contribution in [0.4, 0.5) is 5.69 Å². The maximum atomic E-state index is 12.3. The molecule has 0 heterocycles. The SMILES string of the molecule is Cc1cc(Cl)ccc1NC(=O)/C(C#N)=C/c1cc(Br)cc(Br)c1O. The smallest absolute Gasteiger partial charge is 0.266 e. The third-order valence-electron chi connectivity index (χ3n) is 3.16. The number of phenols is 1. The van der Waals surface area contributed by atoms with Gasteiger partial charge < -0.3 is 10.4 Å². The maximum absolute atomic E-state index is 12.3. The van der Waals surface area contributed by atoms with Crippen LogP contribution in [-0.2, 0) is 4.79 Å². The predicted octanol–water partition coefficient (Wildman–Crippen LogP) is 5.42. The molecule has 0 unspecified atom stereocenters. The fourth-order valence-electron chi connectivity index (χ4n) is 1.96. The first kappa shape index (κ1) is 18.5. The first-order chi connectivity index (χ1) is 11.3. The fraction of sp³-hybridized carbons (Fsp3) is 0.0588. The van der Waals surface area contributed by atoms with Gasteiger partial charge in [0.1, 0.15) is 17.4 Å². The van der Waals surface area contributed by atoms with Crippen LogP contribution in [0.5, 0.6) is 5.75 Å². The van der Waals surface area contributed by atoms with Gasteiger partial charge in [-0.25, -0.2) is 0 Å². The lowest BCUT2D eigenvalue weighted by atomic mass is 10.1. The number of nitrogens with zero attached hydrogens (tertiary/aromatic N) is 1. The molecule has 0 bridgehead atoms. The third kappa shape index (κ3) is 4.38. The molecule has 0 saturated carbocycles. The first-order valence-electron chi connectivity index (χ1n) is 6.69. The minimum absolute atomic E-state index is 0.0542. The van der Waals surface area contributed by atoms with Crippen LogP contribution in [0.1, 0.15) is 11.1 Å². The topological polar surface area (TPSA) is 73.1 Å². The van der Waals surface area contributed by atoms with Crippen LogP contribution < -0.4 is 5.32 Å². The van der Waals surface area contributed by atoms with Gasteiger partial charge in [-0.2, -0.15) is 5.26 Å². The molecule has 4 nitrogen and oxygen atoms in total. The number of carbonyl (C=O) groups excluding carboxylic acids is 1. The Morgan fingerprint density at radius 1 is 1.33 bits per heavy atom. The number of amides is 1. The zero-order valence-electron chi connectivity index (χ0n) is 12.4. The molecule has 2 aromatic carbocycles. The number of rotatable bonds is 3. The van der Waals surface area contributed by atoms with Crippen molar-refractivity contribution in [2.75, 3.05) is 5.32 Å². The molecule has 24 heavy (non-hydrogen) atoms. The number of aryl methyl sites for hydroxylation is 1. The maximum Gasteiger partial charge on any atom is 0.266 e. The average Bonchev–Trinajstić information content (AvgIpc) is 2.51. The summed E-state index contributed by atoms with van der Waals surface area (Å²) in [6.45, 7) is 1.80. The summed E-state index contributed by atoms with van der Waals surface area (Å²) in [4.78, 5) is 12.3. The summed E-state index contributed by atoms with van der Waals surface area (Å²) in [7, 11) is 0. The summed E-state index contributed by atoms with van der Waals surface area (Å²) in [5, 5.41) is 22.5. The van der Waals surface area contributed by atoms with Crippen molar-refractivity contribution in [2.24, 2.45) is 0 Å². The molecule has 0 aliphatic rings. The fourth-order valence-corrected chi connectivity index (χ4v) is 3.44. The van der Waals surface area contributed by atoms with Crippen LogP contribution in [0.25, 0.3) is 6.08 Å². The number of hydrogen-bond donors (Lipinski definition) is 2. The highest BCUT2D eigenvalue weighted by Gasteiger charge is 2.13. The second kappa shape index (κ2) is 7.84. The Morgan fingerprint density at radius 2 is 2.04 bits per heavy atom. The van der Waals surface area contributed by atoms with Gasteiger partial charge in [-0.1, -0.05) is 27.5 Å². The lowest BCUT2D eigenvalue weighted by Crippen LogP contribution is -2.14. The number of nitriles is 1. The zero-order chi connectivity index (χ0) is 17.9. The van der Waals surface area contributed by atoms with E-state index in [-0.39, 0.29) is 11.3 Å². The standard InChI is InChI=1S/C17H11Br2ClN2O2/c1-9-4-13(20)2-3-15(9)22-17(24)11(8-21)5-10-6-12(18)7-14(19)16(10)23/h2-7,23H,1H3,(H,22,24)/b11-5+. The number of phenolic OH excluding ortho intramolecular Hbond substituents is 1. The van der Waals surface area contributed by atoms with Crippen molar-refractivity contribution >= 4 is 61.1 Å². The van der Waals surface area contributed by atoms with Crippen molar-refractivity contribution in [3.63, 3.8) is 0 Å². The minimum atomic E-state index is -0.571. The molecule has 0 aliphatic heterocycles. The second-order valence-electron chi connectivity index (χ2n) is 4.91. The number of halogens is 3. The molecule has 2 rings (SSSR count). The van der Waals surface area contributed by atoms with Gasteiger partial charge in [0, 0.05) is 20.7 Å². The van der Waals surface area contributed by atoms with E-state index in [1.807, 2.05) is 6.07 Å². The van der Waals surface area contributed by atoms with Crippen LogP contribution in [-0.4, -0.2) is 11.0 Å². The van der Waals surface area contributed by atoms with Gasteiger partial charge >= 0.3 is 0 Å². The highest BCUT2D eigenvalue weighted by Crippen LogP contribution is 2.33. The molecule has 0 saturated heterocycles. The molecule has 0 fully saturated rings. The van der Waals surface area contributed by atoms with E-state index in [2.05, 4.69) is 37.2 Å². The first-order valence-corrected chi connectivity index (χ1v) is 8.65. The summed E-state index contributed by atoms with van der Waals surface area (Å²) in [6, 6.07) is 10.1. The van der Waals surface area contributed by atoms with E-state index >= 15 is 0 Å². The van der Waals surface area contributed by atoms with Crippen molar-refractivity contribution in [1.82, 2.24) is 0 Å². The molecule has 0 atom stereocenters. The van der Waals surface area contributed by atoms with Crippen LogP contribution >= 0.6 is 43.5 Å². The van der Waals surface area contributed by atoms with Gasteiger partial charge in [0.05, 0.1) is 4.47 Å². The minimum Gasteiger partial charge on any atom is -0.506 e. The van der Waals surface area contributed by atoms with E-state index in [9.17, 15) is 15.2 Å². The molecule has 2 N–H and O–H groups in total.